The van der Waals surface area contributed by atoms with Gasteiger partial charge >= 0.3 is 0 Å². The van der Waals surface area contributed by atoms with E-state index in [1.807, 2.05) is 4.90 Å². The van der Waals surface area contributed by atoms with Crippen molar-refractivity contribution < 1.29 is 9.53 Å². The van der Waals surface area contributed by atoms with Crippen molar-refractivity contribution in [1.82, 2.24) is 10.2 Å². The van der Waals surface area contributed by atoms with Gasteiger partial charge in [0.15, 0.2) is 0 Å². The van der Waals surface area contributed by atoms with Crippen LogP contribution in [-0.4, -0.2) is 43.3 Å². The molecule has 0 bridgehead atoms. The van der Waals surface area contributed by atoms with Crippen LogP contribution in [0.5, 0.6) is 0 Å². The van der Waals surface area contributed by atoms with Gasteiger partial charge in [-0.1, -0.05) is 27.7 Å². The van der Waals surface area contributed by atoms with Crippen molar-refractivity contribution >= 4 is 5.91 Å². The lowest BCUT2D eigenvalue weighted by atomic mass is 10.0. The lowest BCUT2D eigenvalue weighted by Crippen LogP contribution is -2.32. The summed E-state index contributed by atoms with van der Waals surface area (Å²) in [4.78, 5) is 13.9. The first-order valence-electron chi connectivity index (χ1n) is 7.10. The van der Waals surface area contributed by atoms with Gasteiger partial charge in [0.05, 0.1) is 12.7 Å². The van der Waals surface area contributed by atoms with Crippen LogP contribution in [0.3, 0.4) is 0 Å². The Bertz CT molecular complexity index is 254. The Balaban J connectivity index is 2.14. The second-order valence-corrected chi connectivity index (χ2v) is 5.97. The van der Waals surface area contributed by atoms with E-state index in [0.717, 1.165) is 32.6 Å². The van der Waals surface area contributed by atoms with Crippen molar-refractivity contribution in [3.8, 4) is 0 Å². The summed E-state index contributed by atoms with van der Waals surface area (Å²) in [6.07, 6.45) is 1.85. The lowest BCUT2D eigenvalue weighted by molar-refractivity contribution is -0.129. The van der Waals surface area contributed by atoms with Gasteiger partial charge in [-0.05, 0) is 24.7 Å². The molecule has 1 heterocycles. The molecule has 1 fully saturated rings. The normalized spacial score (nSPS) is 20.4. The van der Waals surface area contributed by atoms with Crippen molar-refractivity contribution in [2.45, 2.75) is 46.6 Å². The third-order valence-corrected chi connectivity index (χ3v) is 3.01. The van der Waals surface area contributed by atoms with Crippen LogP contribution in [0.1, 0.15) is 40.5 Å². The van der Waals surface area contributed by atoms with E-state index in [-0.39, 0.29) is 11.9 Å². The molecule has 0 spiro atoms. The van der Waals surface area contributed by atoms with Crippen molar-refractivity contribution in [2.24, 2.45) is 11.8 Å². The first-order chi connectivity index (χ1) is 8.50. The average Bonchev–Trinajstić information content (AvgIpc) is 2.60. The van der Waals surface area contributed by atoms with Gasteiger partial charge in [0.25, 0.3) is 0 Å². The average molecular weight is 256 g/mol. The minimum Gasteiger partial charge on any atom is -0.381 e. The maximum atomic E-state index is 12.0. The quantitative estimate of drug-likeness (QED) is 0.674. The first kappa shape index (κ1) is 15.4. The smallest absolute Gasteiger partial charge is 0.240 e. The van der Waals surface area contributed by atoms with Gasteiger partial charge < -0.3 is 9.64 Å². The third kappa shape index (κ3) is 5.36. The number of hydrogen-bond acceptors (Lipinski definition) is 3. The number of nitrogens with zero attached hydrogens (tertiary/aromatic N) is 1. The Kier molecular flexibility index (Phi) is 6.65. The van der Waals surface area contributed by atoms with Gasteiger partial charge in [-0.15, -0.1) is 0 Å². The molecule has 1 rings (SSSR count). The molecule has 4 heteroatoms. The molecule has 0 saturated carbocycles. The molecule has 1 atom stereocenters. The molecule has 1 amide bonds. The largest absolute Gasteiger partial charge is 0.381 e. The van der Waals surface area contributed by atoms with Crippen LogP contribution in [0, 0.1) is 11.8 Å². The van der Waals surface area contributed by atoms with Crippen molar-refractivity contribution in [2.75, 3.05) is 26.4 Å². The molecular weight excluding hydrogens is 228 g/mol. The standard InChI is InChI=1S/C14H28N2O2/c1-11(2)8-13-14(17)16(10-15-13)6-5-7-18-9-12(3)4/h11-13,15H,5-10H2,1-4H3. The highest BCUT2D eigenvalue weighted by atomic mass is 16.5. The lowest BCUT2D eigenvalue weighted by Gasteiger charge is -2.16. The molecule has 1 unspecified atom stereocenters. The summed E-state index contributed by atoms with van der Waals surface area (Å²) in [6.45, 7) is 11.6. The van der Waals surface area contributed by atoms with E-state index in [0.29, 0.717) is 18.5 Å². The summed E-state index contributed by atoms with van der Waals surface area (Å²) < 4.78 is 5.52. The van der Waals surface area contributed by atoms with Crippen LogP contribution in [0.15, 0.2) is 0 Å². The second-order valence-electron chi connectivity index (χ2n) is 5.97. The Labute approximate surface area is 111 Å². The molecule has 106 valence electrons. The van der Waals surface area contributed by atoms with Gasteiger partial charge in [-0.2, -0.15) is 0 Å². The second kappa shape index (κ2) is 7.74. The maximum Gasteiger partial charge on any atom is 0.240 e. The van der Waals surface area contributed by atoms with E-state index in [1.54, 1.807) is 0 Å². The number of rotatable bonds is 8. The van der Waals surface area contributed by atoms with E-state index in [9.17, 15) is 4.79 Å². The Hall–Kier alpha value is -0.610. The summed E-state index contributed by atoms with van der Waals surface area (Å²) in [5.41, 5.74) is 0. The van der Waals surface area contributed by atoms with E-state index in [2.05, 4.69) is 33.0 Å². The number of nitrogens with one attached hydrogen (secondary N) is 1. The monoisotopic (exact) mass is 256 g/mol. The molecule has 1 aliphatic rings. The molecule has 0 aromatic carbocycles. The number of carbonyl (C=O) groups excluding carboxylic acids is 1. The van der Waals surface area contributed by atoms with Crippen LogP contribution in [0.4, 0.5) is 0 Å². The number of carbonyl (C=O) groups is 1. The van der Waals surface area contributed by atoms with Crippen LogP contribution in [0.25, 0.3) is 0 Å². The molecule has 0 aromatic heterocycles. The van der Waals surface area contributed by atoms with Crippen molar-refractivity contribution in [1.29, 1.82) is 0 Å². The Morgan fingerprint density at radius 1 is 1.33 bits per heavy atom. The maximum absolute atomic E-state index is 12.0. The summed E-state index contributed by atoms with van der Waals surface area (Å²) >= 11 is 0. The Morgan fingerprint density at radius 2 is 2.06 bits per heavy atom. The van der Waals surface area contributed by atoms with Crippen LogP contribution < -0.4 is 5.32 Å². The van der Waals surface area contributed by atoms with E-state index < -0.39 is 0 Å². The van der Waals surface area contributed by atoms with Crippen LogP contribution in [-0.2, 0) is 9.53 Å². The highest BCUT2D eigenvalue weighted by Gasteiger charge is 2.30. The molecule has 0 aliphatic carbocycles. The highest BCUT2D eigenvalue weighted by molar-refractivity contribution is 5.83. The van der Waals surface area contributed by atoms with E-state index in [4.69, 9.17) is 4.74 Å². The predicted molar refractivity (Wildman–Crippen MR) is 73.2 cm³/mol. The molecule has 1 N–H and O–H groups in total. The van der Waals surface area contributed by atoms with Gasteiger partial charge in [-0.3, -0.25) is 10.1 Å². The minimum absolute atomic E-state index is 0.0292. The fourth-order valence-corrected chi connectivity index (χ4v) is 2.13. The molecule has 18 heavy (non-hydrogen) atoms. The number of amides is 1. The zero-order valence-corrected chi connectivity index (χ0v) is 12.2. The zero-order chi connectivity index (χ0) is 13.5. The fourth-order valence-electron chi connectivity index (χ4n) is 2.13. The topological polar surface area (TPSA) is 41.6 Å². The highest BCUT2D eigenvalue weighted by Crippen LogP contribution is 2.12. The number of ether oxygens (including phenoxy) is 1. The summed E-state index contributed by atoms with van der Waals surface area (Å²) in [5.74, 6) is 1.39. The molecule has 0 radical (unpaired) electrons. The Morgan fingerprint density at radius 3 is 2.67 bits per heavy atom. The van der Waals surface area contributed by atoms with Crippen molar-refractivity contribution in [3.05, 3.63) is 0 Å². The van der Waals surface area contributed by atoms with E-state index in [1.165, 1.54) is 0 Å². The molecule has 1 aliphatic heterocycles. The van der Waals surface area contributed by atoms with Crippen LogP contribution in [0.2, 0.25) is 0 Å². The van der Waals surface area contributed by atoms with Gasteiger partial charge in [0.2, 0.25) is 5.91 Å². The SMILES string of the molecule is CC(C)COCCCN1CNC(CC(C)C)C1=O. The van der Waals surface area contributed by atoms with Gasteiger partial charge in [0, 0.05) is 19.8 Å². The summed E-state index contributed by atoms with van der Waals surface area (Å²) in [6, 6.07) is 0.0292. The minimum atomic E-state index is 0.0292. The van der Waals surface area contributed by atoms with Gasteiger partial charge in [-0.25, -0.2) is 0 Å². The van der Waals surface area contributed by atoms with Crippen LogP contribution >= 0.6 is 0 Å². The van der Waals surface area contributed by atoms with E-state index >= 15 is 0 Å². The zero-order valence-electron chi connectivity index (χ0n) is 12.2. The third-order valence-electron chi connectivity index (χ3n) is 3.01. The summed E-state index contributed by atoms with van der Waals surface area (Å²) in [7, 11) is 0. The molecule has 1 saturated heterocycles. The predicted octanol–water partition coefficient (Wildman–Crippen LogP) is 1.85. The molecule has 0 aromatic rings. The number of hydrogen-bond donors (Lipinski definition) is 1. The molecular formula is C14H28N2O2. The fraction of sp³-hybridized carbons (Fsp3) is 0.929. The van der Waals surface area contributed by atoms with Gasteiger partial charge in [0.1, 0.15) is 0 Å². The molecule has 4 nitrogen and oxygen atoms in total. The first-order valence-corrected chi connectivity index (χ1v) is 7.10. The summed E-state index contributed by atoms with van der Waals surface area (Å²) in [5, 5.41) is 3.28. The van der Waals surface area contributed by atoms with Crippen molar-refractivity contribution in [3.63, 3.8) is 0 Å².